The fourth-order valence-electron chi connectivity index (χ4n) is 3.81. The Morgan fingerprint density at radius 3 is 2.70 bits per heavy atom. The van der Waals surface area contributed by atoms with Crippen LogP contribution in [0.25, 0.3) is 5.69 Å². The van der Waals surface area contributed by atoms with Gasteiger partial charge in [0.25, 0.3) is 0 Å². The summed E-state index contributed by atoms with van der Waals surface area (Å²) in [7, 11) is 3.15. The van der Waals surface area contributed by atoms with Gasteiger partial charge in [-0.3, -0.25) is 9.59 Å². The van der Waals surface area contributed by atoms with E-state index in [1.54, 1.807) is 25.2 Å². The Balaban J connectivity index is 1.34. The number of ether oxygens (including phenoxy) is 2. The molecule has 1 aromatic heterocycles. The smallest absolute Gasteiger partial charge is 0.229 e. The van der Waals surface area contributed by atoms with Crippen LogP contribution < -0.4 is 14.8 Å². The highest BCUT2D eigenvalue weighted by atomic mass is 19.1. The van der Waals surface area contributed by atoms with Crippen LogP contribution in [0.15, 0.2) is 49.1 Å². The summed E-state index contributed by atoms with van der Waals surface area (Å²) < 4.78 is 26.3. The molecule has 1 aliphatic heterocycles. The molecular weight excluding hydrogens is 429 g/mol. The molecule has 172 valence electrons. The monoisotopic (exact) mass is 453 g/mol. The van der Waals surface area contributed by atoms with Gasteiger partial charge in [0, 0.05) is 25.2 Å². The molecule has 1 saturated heterocycles. The van der Waals surface area contributed by atoms with Crippen molar-refractivity contribution in [3.63, 3.8) is 0 Å². The van der Waals surface area contributed by atoms with E-state index in [9.17, 15) is 14.0 Å². The minimum atomic E-state index is -0.544. The maximum atomic E-state index is 14.4. The number of hydrogen-bond acceptors (Lipinski definition) is 6. The van der Waals surface area contributed by atoms with Gasteiger partial charge in [0.05, 0.1) is 20.1 Å². The number of nitrogens with zero attached hydrogens (tertiary/aromatic N) is 4. The number of methoxy groups -OCH3 is 2. The average Bonchev–Trinajstić information content (AvgIpc) is 3.47. The Kier molecular flexibility index (Phi) is 6.53. The van der Waals surface area contributed by atoms with Crippen molar-refractivity contribution in [3.8, 4) is 17.2 Å². The van der Waals surface area contributed by atoms with Crippen LogP contribution in [-0.2, 0) is 16.0 Å². The molecule has 0 bridgehead atoms. The zero-order valence-corrected chi connectivity index (χ0v) is 18.3. The summed E-state index contributed by atoms with van der Waals surface area (Å²) in [6.07, 6.45) is 3.44. The van der Waals surface area contributed by atoms with Crippen molar-refractivity contribution in [2.45, 2.75) is 12.8 Å². The van der Waals surface area contributed by atoms with Crippen molar-refractivity contribution in [1.29, 1.82) is 0 Å². The zero-order chi connectivity index (χ0) is 23.4. The number of halogens is 1. The van der Waals surface area contributed by atoms with Gasteiger partial charge in [0.2, 0.25) is 11.8 Å². The van der Waals surface area contributed by atoms with Gasteiger partial charge in [-0.25, -0.2) is 14.1 Å². The number of hydrogen-bond donors (Lipinski definition) is 1. The zero-order valence-electron chi connectivity index (χ0n) is 18.3. The van der Waals surface area contributed by atoms with Gasteiger partial charge in [-0.05, 0) is 42.3 Å². The van der Waals surface area contributed by atoms with Gasteiger partial charge in [-0.15, -0.1) is 0 Å². The quantitative estimate of drug-likeness (QED) is 0.563. The molecule has 1 atom stereocenters. The lowest BCUT2D eigenvalue weighted by Gasteiger charge is -2.17. The molecule has 3 aromatic rings. The Hall–Kier alpha value is -3.95. The fraction of sp³-hybridized carbons (Fsp3) is 0.304. The summed E-state index contributed by atoms with van der Waals surface area (Å²) in [5.74, 6) is -0.172. The number of carbonyl (C=O) groups excluding carboxylic acids is 2. The van der Waals surface area contributed by atoms with Crippen LogP contribution in [0, 0.1) is 11.7 Å². The second-order valence-electron chi connectivity index (χ2n) is 7.68. The van der Waals surface area contributed by atoms with Crippen LogP contribution in [0.2, 0.25) is 0 Å². The SMILES string of the molecule is COc1ccc(CCN2CC(C(=O)Nc3ccc(-n4cncn4)c(F)c3)CC2=O)cc1OC. The summed E-state index contributed by atoms with van der Waals surface area (Å²) in [6.45, 7) is 0.802. The van der Waals surface area contributed by atoms with Crippen molar-refractivity contribution in [3.05, 3.63) is 60.4 Å². The van der Waals surface area contributed by atoms with Crippen molar-refractivity contribution >= 4 is 17.5 Å². The van der Waals surface area contributed by atoms with E-state index in [4.69, 9.17) is 9.47 Å². The molecule has 2 aromatic carbocycles. The van der Waals surface area contributed by atoms with Crippen molar-refractivity contribution in [2.24, 2.45) is 5.92 Å². The lowest BCUT2D eigenvalue weighted by atomic mass is 10.1. The van der Waals surface area contributed by atoms with Gasteiger partial charge in [0.15, 0.2) is 17.3 Å². The van der Waals surface area contributed by atoms with Gasteiger partial charge < -0.3 is 19.7 Å². The highest BCUT2D eigenvalue weighted by Crippen LogP contribution is 2.28. The molecule has 1 N–H and O–H groups in total. The van der Waals surface area contributed by atoms with Crippen LogP contribution in [0.1, 0.15) is 12.0 Å². The highest BCUT2D eigenvalue weighted by Gasteiger charge is 2.34. The van der Waals surface area contributed by atoms with Crippen LogP contribution in [0.5, 0.6) is 11.5 Å². The second-order valence-corrected chi connectivity index (χ2v) is 7.68. The van der Waals surface area contributed by atoms with E-state index in [0.29, 0.717) is 36.7 Å². The molecule has 1 fully saturated rings. The minimum Gasteiger partial charge on any atom is -0.493 e. The normalized spacial score (nSPS) is 15.5. The van der Waals surface area contributed by atoms with Gasteiger partial charge in [0.1, 0.15) is 18.3 Å². The molecule has 9 nitrogen and oxygen atoms in total. The molecule has 2 heterocycles. The van der Waals surface area contributed by atoms with E-state index < -0.39 is 11.7 Å². The number of anilines is 1. The van der Waals surface area contributed by atoms with E-state index >= 15 is 0 Å². The Morgan fingerprint density at radius 2 is 2.00 bits per heavy atom. The topological polar surface area (TPSA) is 98.6 Å². The maximum Gasteiger partial charge on any atom is 0.229 e. The predicted octanol–water partition coefficient (Wildman–Crippen LogP) is 2.45. The first kappa shape index (κ1) is 22.3. The van der Waals surface area contributed by atoms with Crippen molar-refractivity contribution in [2.75, 3.05) is 32.6 Å². The lowest BCUT2D eigenvalue weighted by molar-refractivity contribution is -0.128. The first-order valence-corrected chi connectivity index (χ1v) is 10.4. The fourth-order valence-corrected chi connectivity index (χ4v) is 3.81. The molecule has 0 aliphatic carbocycles. The number of aromatic nitrogens is 3. The van der Waals surface area contributed by atoms with E-state index in [1.807, 2.05) is 18.2 Å². The molecule has 1 unspecified atom stereocenters. The number of amides is 2. The number of nitrogens with one attached hydrogen (secondary N) is 1. The first-order chi connectivity index (χ1) is 16.0. The summed E-state index contributed by atoms with van der Waals surface area (Å²) in [5.41, 5.74) is 1.54. The largest absolute Gasteiger partial charge is 0.493 e. The molecule has 4 rings (SSSR count). The van der Waals surface area contributed by atoms with Crippen LogP contribution in [0.3, 0.4) is 0 Å². The minimum absolute atomic E-state index is 0.0802. The van der Waals surface area contributed by atoms with Crippen molar-refractivity contribution in [1.82, 2.24) is 19.7 Å². The number of benzene rings is 2. The second kappa shape index (κ2) is 9.68. The summed E-state index contributed by atoms with van der Waals surface area (Å²) in [6, 6.07) is 9.94. The third-order valence-corrected chi connectivity index (χ3v) is 5.58. The highest BCUT2D eigenvalue weighted by molar-refractivity contribution is 5.97. The van der Waals surface area contributed by atoms with E-state index in [2.05, 4.69) is 15.4 Å². The van der Waals surface area contributed by atoms with Crippen LogP contribution in [-0.4, -0.2) is 58.8 Å². The molecule has 0 radical (unpaired) electrons. The van der Waals surface area contributed by atoms with Gasteiger partial charge >= 0.3 is 0 Å². The molecule has 10 heteroatoms. The van der Waals surface area contributed by atoms with Crippen LogP contribution in [0.4, 0.5) is 10.1 Å². The molecular formula is C23H24FN5O4. The Bertz CT molecular complexity index is 1150. The summed E-state index contributed by atoms with van der Waals surface area (Å²) in [4.78, 5) is 30.6. The molecule has 0 saturated carbocycles. The number of carbonyl (C=O) groups is 2. The lowest BCUT2D eigenvalue weighted by Crippen LogP contribution is -2.30. The Morgan fingerprint density at radius 1 is 1.18 bits per heavy atom. The molecule has 0 spiro atoms. The van der Waals surface area contributed by atoms with E-state index in [1.165, 1.54) is 29.5 Å². The summed E-state index contributed by atoms with van der Waals surface area (Å²) >= 11 is 0. The number of rotatable bonds is 8. The predicted molar refractivity (Wildman–Crippen MR) is 118 cm³/mol. The van der Waals surface area contributed by atoms with Gasteiger partial charge in [-0.2, -0.15) is 5.10 Å². The molecule has 33 heavy (non-hydrogen) atoms. The number of likely N-dealkylation sites (tertiary alicyclic amines) is 1. The third kappa shape index (κ3) is 4.94. The molecule has 1 aliphatic rings. The first-order valence-electron chi connectivity index (χ1n) is 10.4. The summed E-state index contributed by atoms with van der Waals surface area (Å²) in [5, 5.41) is 6.60. The Labute approximate surface area is 190 Å². The third-order valence-electron chi connectivity index (χ3n) is 5.58. The van der Waals surface area contributed by atoms with Crippen LogP contribution >= 0.6 is 0 Å². The van der Waals surface area contributed by atoms with E-state index in [0.717, 1.165) is 5.56 Å². The standard InChI is InChI=1S/C23H24FN5O4/c1-32-20-6-3-15(9-21(20)33-2)7-8-28-12-16(10-22(28)30)23(31)27-17-4-5-19(18(24)11-17)29-14-25-13-26-29/h3-6,9,11,13-14,16H,7-8,10,12H2,1-2H3,(H,27,31). The average molecular weight is 453 g/mol. The van der Waals surface area contributed by atoms with Crippen molar-refractivity contribution < 1.29 is 23.5 Å². The van der Waals surface area contributed by atoms with E-state index in [-0.39, 0.29) is 23.9 Å². The maximum absolute atomic E-state index is 14.4. The van der Waals surface area contributed by atoms with Gasteiger partial charge in [-0.1, -0.05) is 6.07 Å². The molecule has 2 amide bonds.